The van der Waals surface area contributed by atoms with Gasteiger partial charge in [-0.15, -0.1) is 0 Å². The Balaban J connectivity index is 2.31. The van der Waals surface area contributed by atoms with Crippen LogP contribution in [-0.4, -0.2) is 11.7 Å². The number of phenols is 1. The van der Waals surface area contributed by atoms with Crippen molar-refractivity contribution >= 4 is 15.9 Å². The molecule has 2 rings (SSSR count). The first-order valence-electron chi connectivity index (χ1n) is 5.41. The lowest BCUT2D eigenvalue weighted by molar-refractivity contribution is 0.409. The second-order valence-corrected chi connectivity index (χ2v) is 4.91. The first-order chi connectivity index (χ1) is 7.20. The third-order valence-corrected chi connectivity index (χ3v) is 4.09. The summed E-state index contributed by atoms with van der Waals surface area (Å²) in [7, 11) is 0. The molecule has 1 aromatic rings. The zero-order chi connectivity index (χ0) is 10.8. The van der Waals surface area contributed by atoms with Gasteiger partial charge in [0.2, 0.25) is 0 Å². The lowest BCUT2D eigenvalue weighted by atomic mass is 9.94. The third kappa shape index (κ3) is 2.18. The first-order valence-corrected chi connectivity index (χ1v) is 6.21. The summed E-state index contributed by atoms with van der Waals surface area (Å²) in [5, 5.41) is 13.1. The minimum Gasteiger partial charge on any atom is -0.507 e. The van der Waals surface area contributed by atoms with Gasteiger partial charge >= 0.3 is 0 Å². The van der Waals surface area contributed by atoms with E-state index in [0.29, 0.717) is 11.8 Å². The number of hydrogen-bond donors (Lipinski definition) is 2. The van der Waals surface area contributed by atoms with Crippen molar-refractivity contribution in [3.05, 3.63) is 27.7 Å². The molecule has 0 amide bonds. The number of phenolic OH excluding ortho intramolecular Hbond substituents is 1. The van der Waals surface area contributed by atoms with Gasteiger partial charge in [0.15, 0.2) is 0 Å². The number of rotatable bonds is 1. The molecule has 0 aromatic heterocycles. The SMILES string of the molecule is Cc1c(C2CCCCN2)ccc(O)c1Br. The Labute approximate surface area is 98.8 Å². The lowest BCUT2D eigenvalue weighted by Gasteiger charge is -2.25. The fourth-order valence-corrected chi connectivity index (χ4v) is 2.54. The van der Waals surface area contributed by atoms with Gasteiger partial charge in [-0.3, -0.25) is 0 Å². The van der Waals surface area contributed by atoms with Crippen molar-refractivity contribution in [2.75, 3.05) is 6.54 Å². The molecule has 0 spiro atoms. The zero-order valence-electron chi connectivity index (χ0n) is 8.89. The van der Waals surface area contributed by atoms with E-state index in [0.717, 1.165) is 16.6 Å². The van der Waals surface area contributed by atoms with E-state index in [4.69, 9.17) is 0 Å². The molecule has 1 aliphatic heterocycles. The van der Waals surface area contributed by atoms with E-state index in [-0.39, 0.29) is 0 Å². The smallest absolute Gasteiger partial charge is 0.130 e. The Bertz CT molecular complexity index is 359. The van der Waals surface area contributed by atoms with Gasteiger partial charge in [-0.05, 0) is 59.4 Å². The van der Waals surface area contributed by atoms with Gasteiger partial charge in [0.25, 0.3) is 0 Å². The summed E-state index contributed by atoms with van der Waals surface area (Å²) < 4.78 is 0.826. The topological polar surface area (TPSA) is 32.3 Å². The molecule has 82 valence electrons. The van der Waals surface area contributed by atoms with E-state index >= 15 is 0 Å². The van der Waals surface area contributed by atoms with E-state index < -0.39 is 0 Å². The molecule has 1 aliphatic rings. The molecule has 15 heavy (non-hydrogen) atoms. The molecule has 0 bridgehead atoms. The predicted molar refractivity (Wildman–Crippen MR) is 65.1 cm³/mol. The van der Waals surface area contributed by atoms with Gasteiger partial charge in [-0.2, -0.15) is 0 Å². The molecule has 1 aromatic carbocycles. The van der Waals surface area contributed by atoms with E-state index in [1.165, 1.54) is 24.8 Å². The molecule has 0 saturated carbocycles. The molecule has 0 radical (unpaired) electrons. The maximum atomic E-state index is 9.56. The van der Waals surface area contributed by atoms with Gasteiger partial charge in [0, 0.05) is 6.04 Å². The van der Waals surface area contributed by atoms with Crippen LogP contribution in [0.5, 0.6) is 5.75 Å². The molecule has 1 fully saturated rings. The molecule has 1 saturated heterocycles. The zero-order valence-corrected chi connectivity index (χ0v) is 10.5. The summed E-state index contributed by atoms with van der Waals surface area (Å²) in [6, 6.07) is 4.25. The van der Waals surface area contributed by atoms with Gasteiger partial charge < -0.3 is 10.4 Å². The highest BCUT2D eigenvalue weighted by molar-refractivity contribution is 9.10. The van der Waals surface area contributed by atoms with Crippen LogP contribution in [0.2, 0.25) is 0 Å². The Morgan fingerprint density at radius 3 is 2.87 bits per heavy atom. The molecule has 0 aliphatic carbocycles. The van der Waals surface area contributed by atoms with E-state index in [2.05, 4.69) is 28.2 Å². The summed E-state index contributed by atoms with van der Waals surface area (Å²) in [5.74, 6) is 0.326. The number of piperidine rings is 1. The van der Waals surface area contributed by atoms with Crippen molar-refractivity contribution in [3.63, 3.8) is 0 Å². The average molecular weight is 270 g/mol. The number of halogens is 1. The standard InChI is InChI=1S/C12H16BrNO/c1-8-9(5-6-11(15)12(8)13)10-4-2-3-7-14-10/h5-6,10,14-15H,2-4,7H2,1H3. The minimum atomic E-state index is 0.326. The van der Waals surface area contributed by atoms with Crippen molar-refractivity contribution in [1.29, 1.82) is 0 Å². The number of nitrogens with one attached hydrogen (secondary N) is 1. The molecular formula is C12H16BrNO. The summed E-state index contributed by atoms with van der Waals surface area (Å²) in [4.78, 5) is 0. The fraction of sp³-hybridized carbons (Fsp3) is 0.500. The molecule has 2 N–H and O–H groups in total. The fourth-order valence-electron chi connectivity index (χ4n) is 2.18. The van der Waals surface area contributed by atoms with E-state index in [1.54, 1.807) is 6.07 Å². The predicted octanol–water partition coefficient (Wildman–Crippen LogP) is 3.28. The Morgan fingerprint density at radius 1 is 1.40 bits per heavy atom. The molecule has 1 heterocycles. The molecule has 3 heteroatoms. The third-order valence-electron chi connectivity index (χ3n) is 3.09. The summed E-state index contributed by atoms with van der Waals surface area (Å²) >= 11 is 3.42. The number of aromatic hydroxyl groups is 1. The van der Waals surface area contributed by atoms with Crippen molar-refractivity contribution in [2.45, 2.75) is 32.2 Å². The van der Waals surface area contributed by atoms with Crippen LogP contribution in [-0.2, 0) is 0 Å². The summed E-state index contributed by atoms with van der Waals surface area (Å²) in [5.41, 5.74) is 2.45. The quantitative estimate of drug-likeness (QED) is 0.820. The van der Waals surface area contributed by atoms with Crippen LogP contribution >= 0.6 is 15.9 Å². The van der Waals surface area contributed by atoms with Crippen molar-refractivity contribution in [1.82, 2.24) is 5.32 Å². The van der Waals surface area contributed by atoms with E-state index in [1.807, 2.05) is 6.07 Å². The monoisotopic (exact) mass is 269 g/mol. The molecular weight excluding hydrogens is 254 g/mol. The van der Waals surface area contributed by atoms with Crippen LogP contribution in [0.3, 0.4) is 0 Å². The Kier molecular flexibility index (Phi) is 3.32. The summed E-state index contributed by atoms with van der Waals surface area (Å²) in [6.45, 7) is 3.15. The highest BCUT2D eigenvalue weighted by Gasteiger charge is 2.18. The highest BCUT2D eigenvalue weighted by Crippen LogP contribution is 2.34. The first kappa shape index (κ1) is 11.0. The van der Waals surface area contributed by atoms with Gasteiger partial charge in [0.1, 0.15) is 5.75 Å². The van der Waals surface area contributed by atoms with Crippen LogP contribution in [0.1, 0.15) is 36.4 Å². The average Bonchev–Trinajstić information content (AvgIpc) is 2.27. The lowest BCUT2D eigenvalue weighted by Crippen LogP contribution is -2.27. The second kappa shape index (κ2) is 4.54. The van der Waals surface area contributed by atoms with Crippen molar-refractivity contribution < 1.29 is 5.11 Å². The molecule has 1 atom stereocenters. The minimum absolute atomic E-state index is 0.326. The highest BCUT2D eigenvalue weighted by atomic mass is 79.9. The van der Waals surface area contributed by atoms with Crippen LogP contribution in [0, 0.1) is 6.92 Å². The van der Waals surface area contributed by atoms with Crippen molar-refractivity contribution in [3.8, 4) is 5.75 Å². The van der Waals surface area contributed by atoms with Crippen LogP contribution < -0.4 is 5.32 Å². The Hall–Kier alpha value is -0.540. The maximum Gasteiger partial charge on any atom is 0.130 e. The maximum absolute atomic E-state index is 9.56. The van der Waals surface area contributed by atoms with Gasteiger partial charge in [-0.25, -0.2) is 0 Å². The Morgan fingerprint density at radius 2 is 2.20 bits per heavy atom. The number of hydrogen-bond acceptors (Lipinski definition) is 2. The normalized spacial score (nSPS) is 21.6. The van der Waals surface area contributed by atoms with Crippen molar-refractivity contribution in [2.24, 2.45) is 0 Å². The van der Waals surface area contributed by atoms with E-state index in [9.17, 15) is 5.11 Å². The summed E-state index contributed by atoms with van der Waals surface area (Å²) in [6.07, 6.45) is 3.75. The van der Waals surface area contributed by atoms with Crippen LogP contribution in [0.4, 0.5) is 0 Å². The van der Waals surface area contributed by atoms with Crippen LogP contribution in [0.15, 0.2) is 16.6 Å². The molecule has 2 nitrogen and oxygen atoms in total. The van der Waals surface area contributed by atoms with Gasteiger partial charge in [-0.1, -0.05) is 12.5 Å². The largest absolute Gasteiger partial charge is 0.507 e. The van der Waals surface area contributed by atoms with Crippen LogP contribution in [0.25, 0.3) is 0 Å². The van der Waals surface area contributed by atoms with Gasteiger partial charge in [0.05, 0.1) is 4.47 Å². The molecule has 1 unspecified atom stereocenters. The second-order valence-electron chi connectivity index (χ2n) is 4.12. The number of benzene rings is 1.